The fourth-order valence-corrected chi connectivity index (χ4v) is 6.63. The zero-order valence-electron chi connectivity index (χ0n) is 15.2. The minimum Gasteiger partial charge on any atom is -0.477 e. The Labute approximate surface area is 155 Å². The highest BCUT2D eigenvalue weighted by molar-refractivity contribution is 8.03. The minimum absolute atomic E-state index is 0.0705. The lowest BCUT2D eigenvalue weighted by Crippen LogP contribution is -2.51. The first kappa shape index (κ1) is 16.2. The number of β-lactam (4-membered cyclic amide) rings is 1. The summed E-state index contributed by atoms with van der Waals surface area (Å²) in [5.74, 6) is -0.821. The van der Waals surface area contributed by atoms with E-state index < -0.39 is 5.97 Å². The van der Waals surface area contributed by atoms with E-state index in [-0.39, 0.29) is 27.8 Å². The highest BCUT2D eigenvalue weighted by Gasteiger charge is 2.62. The Hall–Kier alpha value is -2.02. The third-order valence-electron chi connectivity index (χ3n) is 7.26. The first-order chi connectivity index (χ1) is 12.2. The number of carboxylic acid groups (broad SMARTS) is 1. The molecule has 1 N–H and O–H groups in total. The third-order valence-corrected chi connectivity index (χ3v) is 8.34. The van der Waals surface area contributed by atoms with Crippen LogP contribution in [0.4, 0.5) is 0 Å². The molecule has 4 aliphatic rings. The van der Waals surface area contributed by atoms with Crippen molar-refractivity contribution < 1.29 is 14.7 Å². The molecule has 26 heavy (non-hydrogen) atoms. The van der Waals surface area contributed by atoms with Crippen LogP contribution in [0.3, 0.4) is 0 Å². The van der Waals surface area contributed by atoms with Gasteiger partial charge in [-0.1, -0.05) is 20.8 Å². The Balaban J connectivity index is 1.57. The summed E-state index contributed by atoms with van der Waals surface area (Å²) in [5.41, 5.74) is 4.49. The minimum atomic E-state index is -1.06. The summed E-state index contributed by atoms with van der Waals surface area (Å²) in [6.45, 7) is 7.02. The van der Waals surface area contributed by atoms with Crippen LogP contribution >= 0.6 is 11.8 Å². The molecule has 1 saturated heterocycles. The highest BCUT2D eigenvalue weighted by atomic mass is 32.2. The molecule has 0 unspecified atom stereocenters. The number of aryl methyl sites for hydroxylation is 1. The maximum atomic E-state index is 12.5. The number of carboxylic acids is 1. The molecular formula is C19H21N3O3S. The van der Waals surface area contributed by atoms with E-state index in [0.717, 1.165) is 12.1 Å². The smallest absolute Gasteiger partial charge is 0.353 e. The normalized spacial score (nSPS) is 34.8. The van der Waals surface area contributed by atoms with Crippen molar-refractivity contribution in [3.05, 3.63) is 33.6 Å². The summed E-state index contributed by atoms with van der Waals surface area (Å²) < 4.78 is 1.99. The monoisotopic (exact) mass is 371 g/mol. The van der Waals surface area contributed by atoms with E-state index in [4.69, 9.17) is 5.10 Å². The van der Waals surface area contributed by atoms with E-state index in [9.17, 15) is 14.7 Å². The molecule has 0 radical (unpaired) electrons. The van der Waals surface area contributed by atoms with Crippen LogP contribution in [0.5, 0.6) is 0 Å². The number of carbonyl (C=O) groups excluding carboxylic acids is 1. The van der Waals surface area contributed by atoms with E-state index >= 15 is 0 Å². The summed E-state index contributed by atoms with van der Waals surface area (Å²) in [5, 5.41) is 15.3. The molecule has 0 spiro atoms. The van der Waals surface area contributed by atoms with Gasteiger partial charge in [0.2, 0.25) is 0 Å². The molecule has 2 aliphatic carbocycles. The van der Waals surface area contributed by atoms with Crippen LogP contribution in [0.25, 0.3) is 6.08 Å². The van der Waals surface area contributed by atoms with E-state index in [1.165, 1.54) is 34.3 Å². The maximum Gasteiger partial charge on any atom is 0.353 e. The lowest BCUT2D eigenvalue weighted by atomic mass is 9.70. The Morgan fingerprint density at radius 2 is 2.15 bits per heavy atom. The average molecular weight is 371 g/mol. The Morgan fingerprint density at radius 3 is 2.85 bits per heavy atom. The lowest BCUT2D eigenvalue weighted by molar-refractivity contribution is -0.141. The van der Waals surface area contributed by atoms with Gasteiger partial charge in [0.25, 0.3) is 5.91 Å². The van der Waals surface area contributed by atoms with Gasteiger partial charge in [-0.2, -0.15) is 5.10 Å². The van der Waals surface area contributed by atoms with Crippen molar-refractivity contribution in [2.75, 3.05) is 0 Å². The largest absolute Gasteiger partial charge is 0.477 e. The van der Waals surface area contributed by atoms with Gasteiger partial charge in [-0.3, -0.25) is 14.4 Å². The highest BCUT2D eigenvalue weighted by Crippen LogP contribution is 2.68. The zero-order valence-corrected chi connectivity index (χ0v) is 16.1. The van der Waals surface area contributed by atoms with Gasteiger partial charge < -0.3 is 5.11 Å². The summed E-state index contributed by atoms with van der Waals surface area (Å²) in [6, 6.07) is 0. The predicted octanol–water partition coefficient (Wildman–Crippen LogP) is 2.82. The number of rotatable bonds is 2. The molecule has 136 valence electrons. The van der Waals surface area contributed by atoms with Gasteiger partial charge in [-0.15, -0.1) is 11.8 Å². The van der Waals surface area contributed by atoms with Gasteiger partial charge in [0.1, 0.15) is 11.1 Å². The van der Waals surface area contributed by atoms with Crippen molar-refractivity contribution in [2.45, 2.75) is 50.3 Å². The van der Waals surface area contributed by atoms with E-state index in [0.29, 0.717) is 11.5 Å². The van der Waals surface area contributed by atoms with Crippen LogP contribution in [0.1, 0.15) is 56.5 Å². The average Bonchev–Trinajstić information content (AvgIpc) is 3.22. The molecule has 2 aliphatic heterocycles. The quantitative estimate of drug-likeness (QED) is 0.639. The molecule has 1 aromatic heterocycles. The summed E-state index contributed by atoms with van der Waals surface area (Å²) >= 11 is 1.37. The van der Waals surface area contributed by atoms with E-state index in [1.54, 1.807) is 5.41 Å². The first-order valence-electron chi connectivity index (χ1n) is 8.90. The van der Waals surface area contributed by atoms with Crippen molar-refractivity contribution in [1.82, 2.24) is 14.7 Å². The molecule has 5 rings (SSSR count). The second-order valence-corrected chi connectivity index (χ2v) is 9.44. The zero-order chi connectivity index (χ0) is 18.6. The van der Waals surface area contributed by atoms with Gasteiger partial charge in [0, 0.05) is 29.1 Å². The number of amides is 1. The first-order valence-corrected chi connectivity index (χ1v) is 9.84. The molecule has 1 saturated carbocycles. The fourth-order valence-electron chi connectivity index (χ4n) is 5.51. The van der Waals surface area contributed by atoms with Crippen molar-refractivity contribution in [1.29, 1.82) is 0 Å². The Bertz CT molecular complexity index is 957. The third kappa shape index (κ3) is 1.59. The van der Waals surface area contributed by atoms with Gasteiger partial charge in [-0.05, 0) is 30.3 Å². The van der Waals surface area contributed by atoms with Crippen molar-refractivity contribution in [2.24, 2.45) is 12.5 Å². The number of hydrogen-bond acceptors (Lipinski definition) is 4. The van der Waals surface area contributed by atoms with E-state index in [2.05, 4.69) is 20.8 Å². The second-order valence-electron chi connectivity index (χ2n) is 8.49. The molecule has 2 bridgehead atoms. The standard InChI is InChI=1S/C19H21N3O3S/c1-18(2)10-5-6-19(18,3)14-13(10)11(20-21(14)4)7-9-15(23)22-12(17(24)25)8-26-16(9)22/h7-8,10,16H,5-6H2,1-4H3,(H,24,25)/b9-7-/t10-,16+,19+/m0/s1. The van der Waals surface area contributed by atoms with Gasteiger partial charge in [0.05, 0.1) is 11.3 Å². The van der Waals surface area contributed by atoms with Crippen LogP contribution in [0.15, 0.2) is 16.7 Å². The van der Waals surface area contributed by atoms with Gasteiger partial charge in [0.15, 0.2) is 0 Å². The molecule has 3 atom stereocenters. The van der Waals surface area contributed by atoms with Gasteiger partial charge >= 0.3 is 5.97 Å². The molecule has 6 nitrogen and oxygen atoms in total. The van der Waals surface area contributed by atoms with Crippen LogP contribution in [-0.4, -0.2) is 37.0 Å². The fraction of sp³-hybridized carbons (Fsp3) is 0.526. The predicted molar refractivity (Wildman–Crippen MR) is 98.2 cm³/mol. The summed E-state index contributed by atoms with van der Waals surface area (Å²) in [6.07, 6.45) is 4.22. The van der Waals surface area contributed by atoms with E-state index in [1.807, 2.05) is 17.8 Å². The summed E-state index contributed by atoms with van der Waals surface area (Å²) in [4.78, 5) is 25.1. The Morgan fingerprint density at radius 1 is 1.42 bits per heavy atom. The number of nitrogens with zero attached hydrogens (tertiary/aromatic N) is 3. The van der Waals surface area contributed by atoms with Crippen molar-refractivity contribution in [3.63, 3.8) is 0 Å². The van der Waals surface area contributed by atoms with Crippen LogP contribution in [-0.2, 0) is 22.1 Å². The van der Waals surface area contributed by atoms with Crippen molar-refractivity contribution >= 4 is 29.7 Å². The molecule has 1 amide bonds. The molecule has 2 fully saturated rings. The summed E-state index contributed by atoms with van der Waals surface area (Å²) in [7, 11) is 1.99. The number of aromatic nitrogens is 2. The van der Waals surface area contributed by atoms with Gasteiger partial charge in [-0.25, -0.2) is 4.79 Å². The molecule has 1 aromatic rings. The van der Waals surface area contributed by atoms with Crippen LogP contribution < -0.4 is 0 Å². The number of hydrogen-bond donors (Lipinski definition) is 1. The number of thioether (sulfide) groups is 1. The number of aliphatic carboxylic acids is 1. The molecule has 3 heterocycles. The molecular weight excluding hydrogens is 350 g/mol. The topological polar surface area (TPSA) is 75.4 Å². The number of fused-ring (bicyclic) bond motifs is 6. The van der Waals surface area contributed by atoms with Crippen molar-refractivity contribution in [3.8, 4) is 0 Å². The van der Waals surface area contributed by atoms with Crippen LogP contribution in [0.2, 0.25) is 0 Å². The molecule has 0 aromatic carbocycles. The maximum absolute atomic E-state index is 12.5. The lowest BCUT2D eigenvalue weighted by Gasteiger charge is -2.37. The molecule has 7 heteroatoms. The second kappa shape index (κ2) is 4.63. The van der Waals surface area contributed by atoms with Crippen LogP contribution in [0, 0.1) is 5.41 Å². The SMILES string of the molecule is Cn1nc(/C=C2/C(=O)N3C(C(=O)O)=CS[C@H]23)c2c1[C@@]1(C)CC[C@@H]2C1(C)C. The number of carbonyl (C=O) groups is 2. The Kier molecular flexibility index (Phi) is 2.88.